The van der Waals surface area contributed by atoms with Crippen molar-refractivity contribution in [3.8, 4) is 0 Å². The van der Waals surface area contributed by atoms with Crippen LogP contribution in [-0.2, 0) is 4.79 Å². The van der Waals surface area contributed by atoms with E-state index in [4.69, 9.17) is 46.4 Å². The molecule has 2 nitrogen and oxygen atoms in total. The maximum absolute atomic E-state index is 10.5. The van der Waals surface area contributed by atoms with Gasteiger partial charge >= 0.3 is 29.6 Å². The van der Waals surface area contributed by atoms with Crippen LogP contribution in [0.3, 0.4) is 0 Å². The van der Waals surface area contributed by atoms with Gasteiger partial charge in [-0.1, -0.05) is 19.3 Å². The molecule has 0 aliphatic heterocycles. The van der Waals surface area contributed by atoms with Crippen LogP contribution in [0.5, 0.6) is 0 Å². The summed E-state index contributed by atoms with van der Waals surface area (Å²) in [4.78, 5) is 10.5. The van der Waals surface area contributed by atoms with Gasteiger partial charge in [0.25, 0.3) is 0 Å². The first-order chi connectivity index (χ1) is 7.50. The van der Waals surface area contributed by atoms with Crippen LogP contribution in [0.25, 0.3) is 0 Å². The van der Waals surface area contributed by atoms with Gasteiger partial charge in [-0.25, -0.2) is 0 Å². The van der Waals surface area contributed by atoms with Crippen LogP contribution >= 0.6 is 46.4 Å². The summed E-state index contributed by atoms with van der Waals surface area (Å²) in [7, 11) is 0. The van der Waals surface area contributed by atoms with E-state index in [0.717, 1.165) is 25.7 Å². The summed E-state index contributed by atoms with van der Waals surface area (Å²) in [6.45, 7) is 0. The zero-order valence-electron chi connectivity index (χ0n) is 9.80. The summed E-state index contributed by atoms with van der Waals surface area (Å²) in [6.07, 6.45) is 4.58. The molecule has 0 aromatic rings. The van der Waals surface area contributed by atoms with E-state index in [9.17, 15) is 9.90 Å². The summed E-state index contributed by atoms with van der Waals surface area (Å²) >= 11 is 22.8. The number of unbranched alkanes of at least 4 members (excludes halogenated alkanes) is 3. The summed E-state index contributed by atoms with van der Waals surface area (Å²) in [6, 6.07) is 0. The Morgan fingerprint density at radius 3 is 2.06 bits per heavy atom. The first-order valence-electron chi connectivity index (χ1n) is 5.19. The van der Waals surface area contributed by atoms with E-state index in [1.54, 1.807) is 0 Å². The van der Waals surface area contributed by atoms with Crippen LogP contribution in [0.15, 0.2) is 0 Å². The molecular formula is C10H15Cl4NaO2. The largest absolute Gasteiger partial charge is 1.00 e. The predicted octanol–water partition coefficient (Wildman–Crippen LogP) is -0.248. The van der Waals surface area contributed by atoms with Gasteiger partial charge < -0.3 is 9.90 Å². The molecule has 0 N–H and O–H groups in total. The molecule has 0 saturated carbocycles. The van der Waals surface area contributed by atoms with Crippen LogP contribution in [-0.4, -0.2) is 28.0 Å². The Morgan fingerprint density at radius 2 is 1.59 bits per heavy atom. The summed E-state index contributed by atoms with van der Waals surface area (Å²) < 4.78 is 0. The van der Waals surface area contributed by atoms with Gasteiger partial charge in [0.2, 0.25) is 0 Å². The smallest absolute Gasteiger partial charge is 0.548 e. The standard InChI is InChI=1S/C10H16Cl4O2.Na/c11-6-4-2-1-3-5-7(12)8(13)9(14)10(15)16;/h7-9H,1-6H2,(H,15,16);/q;+1/p-1. The molecular weight excluding hydrogens is 317 g/mol. The van der Waals surface area contributed by atoms with Crippen molar-refractivity contribution in [1.82, 2.24) is 0 Å². The molecule has 0 spiro atoms. The number of carbonyl (C=O) groups excluding carboxylic acids is 1. The van der Waals surface area contributed by atoms with E-state index in [2.05, 4.69) is 0 Å². The fraction of sp³-hybridized carbons (Fsp3) is 0.900. The normalized spacial score (nSPS) is 15.8. The summed E-state index contributed by atoms with van der Waals surface area (Å²) in [5.41, 5.74) is 0. The van der Waals surface area contributed by atoms with E-state index in [0.29, 0.717) is 12.3 Å². The van der Waals surface area contributed by atoms with Gasteiger partial charge in [0, 0.05) is 5.88 Å². The average molecular weight is 332 g/mol. The Labute approximate surface area is 145 Å². The molecule has 3 unspecified atom stereocenters. The molecule has 0 aromatic carbocycles. The third-order valence-corrected chi connectivity index (χ3v) is 4.23. The van der Waals surface area contributed by atoms with Gasteiger partial charge in [0.05, 0.1) is 22.1 Å². The van der Waals surface area contributed by atoms with Crippen molar-refractivity contribution in [3.63, 3.8) is 0 Å². The second-order valence-corrected chi connectivity index (χ2v) is 5.49. The minimum absolute atomic E-state index is 0. The van der Waals surface area contributed by atoms with Crippen LogP contribution in [0, 0.1) is 0 Å². The van der Waals surface area contributed by atoms with Crippen LogP contribution in [0.1, 0.15) is 32.1 Å². The zero-order valence-corrected chi connectivity index (χ0v) is 14.8. The Morgan fingerprint density at radius 1 is 1.06 bits per heavy atom. The molecule has 0 heterocycles. The van der Waals surface area contributed by atoms with Gasteiger partial charge in [-0.15, -0.1) is 46.4 Å². The summed E-state index contributed by atoms with van der Waals surface area (Å²) in [5.74, 6) is -0.717. The maximum Gasteiger partial charge on any atom is 1.00 e. The third-order valence-electron chi connectivity index (χ3n) is 2.21. The average Bonchev–Trinajstić information content (AvgIpc) is 2.26. The number of carboxylic acid groups (broad SMARTS) is 1. The van der Waals surface area contributed by atoms with Gasteiger partial charge in [-0.2, -0.15) is 0 Å². The number of hydrogen-bond acceptors (Lipinski definition) is 2. The number of rotatable bonds is 9. The molecule has 7 heteroatoms. The molecule has 0 fully saturated rings. The van der Waals surface area contributed by atoms with Crippen molar-refractivity contribution < 1.29 is 39.5 Å². The van der Waals surface area contributed by atoms with E-state index in [1.165, 1.54) is 0 Å². The monoisotopic (exact) mass is 330 g/mol. The van der Waals surface area contributed by atoms with E-state index in [-0.39, 0.29) is 29.6 Å². The fourth-order valence-electron chi connectivity index (χ4n) is 1.26. The van der Waals surface area contributed by atoms with Crippen molar-refractivity contribution >= 4 is 52.4 Å². The number of carboxylic acids is 1. The van der Waals surface area contributed by atoms with Gasteiger partial charge in [0.1, 0.15) is 0 Å². The molecule has 0 bridgehead atoms. The van der Waals surface area contributed by atoms with Gasteiger partial charge in [-0.05, 0) is 12.8 Å². The third kappa shape index (κ3) is 10.1. The second kappa shape index (κ2) is 12.7. The Balaban J connectivity index is 0. The van der Waals surface area contributed by atoms with E-state index in [1.807, 2.05) is 0 Å². The maximum atomic E-state index is 10.5. The molecule has 3 atom stereocenters. The molecule has 0 aliphatic rings. The number of aliphatic carboxylic acids is 1. The van der Waals surface area contributed by atoms with Gasteiger partial charge in [-0.3, -0.25) is 0 Å². The van der Waals surface area contributed by atoms with Gasteiger partial charge in [0.15, 0.2) is 0 Å². The van der Waals surface area contributed by atoms with Crippen LogP contribution < -0.4 is 34.7 Å². The molecule has 96 valence electrons. The van der Waals surface area contributed by atoms with Crippen molar-refractivity contribution in [3.05, 3.63) is 0 Å². The molecule has 0 radical (unpaired) electrons. The van der Waals surface area contributed by atoms with Crippen LogP contribution in [0.4, 0.5) is 0 Å². The summed E-state index contributed by atoms with van der Waals surface area (Å²) in [5, 5.41) is 7.97. The number of halogens is 4. The van der Waals surface area contributed by atoms with Crippen molar-refractivity contribution in [2.75, 3.05) is 5.88 Å². The first-order valence-corrected chi connectivity index (χ1v) is 7.04. The second-order valence-electron chi connectivity index (χ2n) is 3.57. The Bertz CT molecular complexity index is 207. The topological polar surface area (TPSA) is 40.1 Å². The number of alkyl halides is 4. The van der Waals surface area contributed by atoms with Crippen LogP contribution in [0.2, 0.25) is 0 Å². The minimum atomic E-state index is -1.38. The molecule has 0 amide bonds. The molecule has 0 aromatic heterocycles. The predicted molar refractivity (Wildman–Crippen MR) is 67.7 cm³/mol. The Kier molecular flexibility index (Phi) is 15.6. The quantitative estimate of drug-likeness (QED) is 0.332. The minimum Gasteiger partial charge on any atom is -0.548 e. The van der Waals surface area contributed by atoms with Crippen molar-refractivity contribution in [2.24, 2.45) is 0 Å². The van der Waals surface area contributed by atoms with E-state index >= 15 is 0 Å². The molecule has 17 heavy (non-hydrogen) atoms. The zero-order chi connectivity index (χ0) is 12.6. The first kappa shape index (κ1) is 20.9. The van der Waals surface area contributed by atoms with Crippen molar-refractivity contribution in [2.45, 2.75) is 48.2 Å². The SMILES string of the molecule is O=C([O-])C(Cl)C(Cl)C(Cl)CCCCCCCl.[Na+]. The van der Waals surface area contributed by atoms with E-state index < -0.39 is 22.1 Å². The number of hydrogen-bond donors (Lipinski definition) is 0. The fourth-order valence-corrected chi connectivity index (χ4v) is 2.23. The molecule has 0 rings (SSSR count). The number of carbonyl (C=O) groups is 1. The molecule has 0 aliphatic carbocycles. The molecule has 0 saturated heterocycles. The Hall–Kier alpha value is 1.63. The van der Waals surface area contributed by atoms with Crippen molar-refractivity contribution in [1.29, 1.82) is 0 Å².